The number of benzene rings is 2. The van der Waals surface area contributed by atoms with E-state index in [0.29, 0.717) is 0 Å². The van der Waals surface area contributed by atoms with E-state index in [2.05, 4.69) is 42.6 Å². The van der Waals surface area contributed by atoms with Crippen LogP contribution in [0.2, 0.25) is 0 Å². The van der Waals surface area contributed by atoms with Crippen molar-refractivity contribution in [2.45, 2.75) is 32.2 Å². The van der Waals surface area contributed by atoms with Crippen molar-refractivity contribution in [2.24, 2.45) is 0 Å². The summed E-state index contributed by atoms with van der Waals surface area (Å²) >= 11 is 0. The van der Waals surface area contributed by atoms with Crippen molar-refractivity contribution in [3.05, 3.63) is 71.5 Å². The van der Waals surface area contributed by atoms with Crippen molar-refractivity contribution in [3.8, 4) is 0 Å². The minimum absolute atomic E-state index is 0.177. The first kappa shape index (κ1) is 14.7. The zero-order valence-corrected chi connectivity index (χ0v) is 12.0. The molecule has 0 heterocycles. The molecule has 2 aromatic rings. The normalized spacial score (nSPS) is 12.3. The van der Waals surface area contributed by atoms with Gasteiger partial charge in [-0.1, -0.05) is 42.5 Å². The Balaban J connectivity index is 1.64. The summed E-state index contributed by atoms with van der Waals surface area (Å²) in [6.07, 6.45) is 3.47. The van der Waals surface area contributed by atoms with E-state index in [1.54, 1.807) is 0 Å². The fraction of sp³-hybridized carbons (Fsp3) is 0.333. The fourth-order valence-electron chi connectivity index (χ4n) is 2.29. The van der Waals surface area contributed by atoms with Crippen LogP contribution in [-0.4, -0.2) is 6.54 Å². The van der Waals surface area contributed by atoms with Gasteiger partial charge in [0.25, 0.3) is 0 Å². The van der Waals surface area contributed by atoms with Crippen molar-refractivity contribution < 1.29 is 4.39 Å². The zero-order chi connectivity index (χ0) is 14.2. The fourth-order valence-corrected chi connectivity index (χ4v) is 2.29. The highest BCUT2D eigenvalue weighted by Crippen LogP contribution is 2.13. The molecule has 0 amide bonds. The Morgan fingerprint density at radius 2 is 1.65 bits per heavy atom. The second kappa shape index (κ2) is 7.81. The lowest BCUT2D eigenvalue weighted by Crippen LogP contribution is -2.19. The highest BCUT2D eigenvalue weighted by atomic mass is 19.1. The maximum absolute atomic E-state index is 12.8. The van der Waals surface area contributed by atoms with Gasteiger partial charge in [-0.2, -0.15) is 0 Å². The Bertz CT molecular complexity index is 493. The Kier molecular flexibility index (Phi) is 5.75. The second-order valence-electron chi connectivity index (χ2n) is 5.17. The third kappa shape index (κ3) is 4.78. The molecule has 1 nitrogen and oxygen atoms in total. The predicted octanol–water partition coefficient (Wildman–Crippen LogP) is 4.50. The van der Waals surface area contributed by atoms with Crippen molar-refractivity contribution in [1.82, 2.24) is 5.32 Å². The Morgan fingerprint density at radius 1 is 0.950 bits per heavy atom. The number of nitrogens with one attached hydrogen (secondary N) is 1. The summed E-state index contributed by atoms with van der Waals surface area (Å²) in [6.45, 7) is 3.11. The molecule has 20 heavy (non-hydrogen) atoms. The van der Waals surface area contributed by atoms with Gasteiger partial charge in [-0.05, 0) is 56.0 Å². The van der Waals surface area contributed by atoms with Gasteiger partial charge >= 0.3 is 0 Å². The summed E-state index contributed by atoms with van der Waals surface area (Å²) in [5, 5.41) is 3.48. The molecule has 0 fully saturated rings. The van der Waals surface area contributed by atoms with Crippen molar-refractivity contribution in [3.63, 3.8) is 0 Å². The SMILES string of the molecule is CC(NCCCCc1ccccc1)c1ccc(F)cc1. The van der Waals surface area contributed by atoms with Crippen molar-refractivity contribution >= 4 is 0 Å². The molecule has 1 N–H and O–H groups in total. The van der Waals surface area contributed by atoms with Crippen LogP contribution < -0.4 is 5.32 Å². The van der Waals surface area contributed by atoms with Crippen LogP contribution in [0.5, 0.6) is 0 Å². The smallest absolute Gasteiger partial charge is 0.123 e. The summed E-state index contributed by atoms with van der Waals surface area (Å²) in [5.74, 6) is -0.177. The summed E-state index contributed by atoms with van der Waals surface area (Å²) in [4.78, 5) is 0. The quantitative estimate of drug-likeness (QED) is 0.731. The molecular formula is C18H22FN. The molecule has 0 aliphatic carbocycles. The monoisotopic (exact) mass is 271 g/mol. The van der Waals surface area contributed by atoms with Crippen LogP contribution in [0.25, 0.3) is 0 Å². The first-order chi connectivity index (χ1) is 9.75. The summed E-state index contributed by atoms with van der Waals surface area (Å²) in [6, 6.07) is 17.6. The molecule has 0 aliphatic heterocycles. The number of halogens is 1. The lowest BCUT2D eigenvalue weighted by atomic mass is 10.1. The van der Waals surface area contributed by atoms with Crippen LogP contribution in [0, 0.1) is 5.82 Å². The molecule has 2 rings (SSSR count). The topological polar surface area (TPSA) is 12.0 Å². The van der Waals surface area contributed by atoms with Crippen LogP contribution in [0.4, 0.5) is 4.39 Å². The molecular weight excluding hydrogens is 249 g/mol. The van der Waals surface area contributed by atoms with Crippen molar-refractivity contribution in [1.29, 1.82) is 0 Å². The number of rotatable bonds is 7. The Morgan fingerprint density at radius 3 is 2.35 bits per heavy atom. The number of unbranched alkanes of at least 4 members (excludes halogenated alkanes) is 1. The number of hydrogen-bond donors (Lipinski definition) is 1. The van der Waals surface area contributed by atoms with Crippen LogP contribution in [0.15, 0.2) is 54.6 Å². The van der Waals surface area contributed by atoms with Gasteiger partial charge in [0.1, 0.15) is 5.82 Å². The lowest BCUT2D eigenvalue weighted by molar-refractivity contribution is 0.545. The first-order valence-corrected chi connectivity index (χ1v) is 7.28. The van der Waals surface area contributed by atoms with E-state index in [1.807, 2.05) is 12.1 Å². The van der Waals surface area contributed by atoms with Crippen LogP contribution >= 0.6 is 0 Å². The third-order valence-corrected chi connectivity index (χ3v) is 3.56. The largest absolute Gasteiger partial charge is 0.310 e. The molecule has 0 saturated carbocycles. The van der Waals surface area contributed by atoms with Gasteiger partial charge in [0, 0.05) is 6.04 Å². The van der Waals surface area contributed by atoms with E-state index in [1.165, 1.54) is 24.1 Å². The lowest BCUT2D eigenvalue weighted by Gasteiger charge is -2.14. The predicted molar refractivity (Wildman–Crippen MR) is 82.2 cm³/mol. The highest BCUT2D eigenvalue weighted by Gasteiger charge is 2.04. The molecule has 106 valence electrons. The molecule has 1 unspecified atom stereocenters. The average molecular weight is 271 g/mol. The van der Waals surface area contributed by atoms with Gasteiger partial charge in [0.05, 0.1) is 0 Å². The first-order valence-electron chi connectivity index (χ1n) is 7.28. The average Bonchev–Trinajstić information content (AvgIpc) is 2.48. The Hall–Kier alpha value is -1.67. The second-order valence-corrected chi connectivity index (χ2v) is 5.17. The molecule has 2 heteroatoms. The molecule has 0 bridgehead atoms. The summed E-state index contributed by atoms with van der Waals surface area (Å²) < 4.78 is 12.8. The van der Waals surface area contributed by atoms with Crippen LogP contribution in [0.1, 0.15) is 36.9 Å². The van der Waals surface area contributed by atoms with Gasteiger partial charge in [-0.3, -0.25) is 0 Å². The number of aryl methyl sites for hydroxylation is 1. The van der Waals surface area contributed by atoms with E-state index in [9.17, 15) is 4.39 Å². The summed E-state index contributed by atoms with van der Waals surface area (Å²) in [7, 11) is 0. The maximum atomic E-state index is 12.8. The van der Waals surface area contributed by atoms with E-state index >= 15 is 0 Å². The van der Waals surface area contributed by atoms with Crippen LogP contribution in [0.3, 0.4) is 0 Å². The van der Waals surface area contributed by atoms with E-state index in [0.717, 1.165) is 24.9 Å². The Labute approximate surface area is 120 Å². The third-order valence-electron chi connectivity index (χ3n) is 3.56. The minimum Gasteiger partial charge on any atom is -0.310 e. The van der Waals surface area contributed by atoms with Crippen LogP contribution in [-0.2, 0) is 6.42 Å². The molecule has 1 atom stereocenters. The van der Waals surface area contributed by atoms with Gasteiger partial charge in [-0.25, -0.2) is 4.39 Å². The molecule has 0 aromatic heterocycles. The van der Waals surface area contributed by atoms with Gasteiger partial charge in [-0.15, -0.1) is 0 Å². The highest BCUT2D eigenvalue weighted by molar-refractivity contribution is 5.19. The molecule has 0 radical (unpaired) electrons. The van der Waals surface area contributed by atoms with E-state index < -0.39 is 0 Å². The molecule has 0 spiro atoms. The molecule has 0 aliphatic rings. The minimum atomic E-state index is -0.177. The van der Waals surface area contributed by atoms with Crippen molar-refractivity contribution in [2.75, 3.05) is 6.54 Å². The molecule has 2 aromatic carbocycles. The van der Waals surface area contributed by atoms with E-state index in [-0.39, 0.29) is 11.9 Å². The van der Waals surface area contributed by atoms with Gasteiger partial charge < -0.3 is 5.32 Å². The van der Waals surface area contributed by atoms with Gasteiger partial charge in [0.15, 0.2) is 0 Å². The van der Waals surface area contributed by atoms with Gasteiger partial charge in [0.2, 0.25) is 0 Å². The maximum Gasteiger partial charge on any atom is 0.123 e. The standard InChI is InChI=1S/C18H22FN/c1-15(17-10-12-18(19)13-11-17)20-14-6-5-9-16-7-3-2-4-8-16/h2-4,7-8,10-13,15,20H,5-6,9,14H2,1H3. The zero-order valence-electron chi connectivity index (χ0n) is 12.0. The van der Waals surface area contributed by atoms with E-state index in [4.69, 9.17) is 0 Å². The molecule has 0 saturated heterocycles. The summed E-state index contributed by atoms with van der Waals surface area (Å²) in [5.41, 5.74) is 2.54. The number of hydrogen-bond acceptors (Lipinski definition) is 1.